The summed E-state index contributed by atoms with van der Waals surface area (Å²) in [6.45, 7) is 6.26. The molecule has 25 heavy (non-hydrogen) atoms. The van der Waals surface area contributed by atoms with Gasteiger partial charge in [0.15, 0.2) is 5.82 Å². The summed E-state index contributed by atoms with van der Waals surface area (Å²) in [6, 6.07) is 11.3. The van der Waals surface area contributed by atoms with E-state index in [4.69, 9.17) is 4.52 Å². The number of aromatic nitrogens is 1. The van der Waals surface area contributed by atoms with E-state index in [1.165, 1.54) is 0 Å². The third-order valence-electron chi connectivity index (χ3n) is 3.94. The predicted octanol–water partition coefficient (Wildman–Crippen LogP) is 3.35. The van der Waals surface area contributed by atoms with Gasteiger partial charge in [-0.25, -0.2) is 0 Å². The normalized spacial score (nSPS) is 11.8. The van der Waals surface area contributed by atoms with Crippen molar-refractivity contribution in [1.82, 2.24) is 10.1 Å². The molecule has 0 aliphatic carbocycles. The monoisotopic (exact) mass is 343 g/mol. The van der Waals surface area contributed by atoms with E-state index in [9.17, 15) is 9.59 Å². The highest BCUT2D eigenvalue weighted by atomic mass is 16.5. The molecule has 1 heterocycles. The molecule has 2 aromatic rings. The van der Waals surface area contributed by atoms with Crippen LogP contribution in [0.2, 0.25) is 0 Å². The first-order chi connectivity index (χ1) is 12.0. The maximum absolute atomic E-state index is 13.0. The van der Waals surface area contributed by atoms with Crippen LogP contribution in [0.15, 0.2) is 40.9 Å². The van der Waals surface area contributed by atoms with Gasteiger partial charge in [-0.1, -0.05) is 49.3 Å². The van der Waals surface area contributed by atoms with Crippen molar-refractivity contribution in [2.45, 2.75) is 39.5 Å². The van der Waals surface area contributed by atoms with Crippen LogP contribution in [0.5, 0.6) is 0 Å². The molecule has 0 saturated heterocycles. The standard InChI is InChI=1S/C19H25N3O3/c1-4-11-22(13-18(23)20-17-12-14(3)25-21-17)19(24)16(5-2)15-9-7-6-8-10-15/h6-10,12,16H,4-5,11,13H2,1-3H3,(H,20,21,23). The molecule has 1 aromatic carbocycles. The van der Waals surface area contributed by atoms with Crippen LogP contribution in [0.3, 0.4) is 0 Å². The lowest BCUT2D eigenvalue weighted by Crippen LogP contribution is -2.41. The van der Waals surface area contributed by atoms with Gasteiger partial charge in [-0.15, -0.1) is 0 Å². The summed E-state index contributed by atoms with van der Waals surface area (Å²) in [5, 5.41) is 6.41. The Labute approximate surface area is 148 Å². The van der Waals surface area contributed by atoms with E-state index < -0.39 is 0 Å². The number of hydrogen-bond acceptors (Lipinski definition) is 4. The molecule has 1 unspecified atom stereocenters. The first-order valence-corrected chi connectivity index (χ1v) is 8.62. The highest BCUT2D eigenvalue weighted by Gasteiger charge is 2.25. The average molecular weight is 343 g/mol. The van der Waals surface area contributed by atoms with Gasteiger partial charge in [0, 0.05) is 12.6 Å². The second-order valence-electron chi connectivity index (χ2n) is 6.00. The number of anilines is 1. The molecule has 0 aliphatic rings. The van der Waals surface area contributed by atoms with E-state index in [0.29, 0.717) is 24.5 Å². The SMILES string of the molecule is CCCN(CC(=O)Nc1cc(C)on1)C(=O)C(CC)c1ccccc1. The molecule has 134 valence electrons. The molecule has 2 amide bonds. The van der Waals surface area contributed by atoms with Crippen LogP contribution < -0.4 is 5.32 Å². The molecule has 0 spiro atoms. The predicted molar refractivity (Wildman–Crippen MR) is 96.2 cm³/mol. The second kappa shape index (κ2) is 9.01. The fraction of sp³-hybridized carbons (Fsp3) is 0.421. The van der Waals surface area contributed by atoms with Crippen LogP contribution in [0.4, 0.5) is 5.82 Å². The number of aryl methyl sites for hydroxylation is 1. The van der Waals surface area contributed by atoms with Crippen molar-refractivity contribution in [1.29, 1.82) is 0 Å². The van der Waals surface area contributed by atoms with Crippen molar-refractivity contribution >= 4 is 17.6 Å². The Morgan fingerprint density at radius 3 is 2.52 bits per heavy atom. The van der Waals surface area contributed by atoms with Crippen molar-refractivity contribution in [3.63, 3.8) is 0 Å². The van der Waals surface area contributed by atoms with Crippen LogP contribution in [0, 0.1) is 6.92 Å². The number of benzene rings is 1. The zero-order valence-electron chi connectivity index (χ0n) is 15.0. The van der Waals surface area contributed by atoms with Gasteiger partial charge < -0.3 is 14.7 Å². The number of rotatable bonds is 8. The maximum atomic E-state index is 13.0. The Bertz CT molecular complexity index is 697. The van der Waals surface area contributed by atoms with Gasteiger partial charge in [-0.2, -0.15) is 0 Å². The van der Waals surface area contributed by atoms with Crippen LogP contribution in [-0.2, 0) is 9.59 Å². The lowest BCUT2D eigenvalue weighted by atomic mass is 9.95. The fourth-order valence-corrected chi connectivity index (χ4v) is 2.78. The highest BCUT2D eigenvalue weighted by Crippen LogP contribution is 2.22. The molecular formula is C19H25N3O3. The van der Waals surface area contributed by atoms with E-state index in [1.54, 1.807) is 17.9 Å². The summed E-state index contributed by atoms with van der Waals surface area (Å²) >= 11 is 0. The second-order valence-corrected chi connectivity index (χ2v) is 6.00. The van der Waals surface area contributed by atoms with Gasteiger partial charge in [0.2, 0.25) is 11.8 Å². The van der Waals surface area contributed by atoms with Crippen LogP contribution in [0.25, 0.3) is 0 Å². The van der Waals surface area contributed by atoms with Crippen molar-refractivity contribution in [3.05, 3.63) is 47.7 Å². The highest BCUT2D eigenvalue weighted by molar-refractivity contribution is 5.95. The first-order valence-electron chi connectivity index (χ1n) is 8.62. The molecule has 0 saturated carbocycles. The number of carbonyl (C=O) groups excluding carboxylic acids is 2. The quantitative estimate of drug-likeness (QED) is 0.797. The Kier molecular flexibility index (Phi) is 6.74. The Morgan fingerprint density at radius 1 is 1.24 bits per heavy atom. The molecular weight excluding hydrogens is 318 g/mol. The van der Waals surface area contributed by atoms with E-state index in [2.05, 4.69) is 10.5 Å². The summed E-state index contributed by atoms with van der Waals surface area (Å²) in [5.74, 6) is 0.434. The van der Waals surface area contributed by atoms with E-state index >= 15 is 0 Å². The molecule has 1 N–H and O–H groups in total. The molecule has 6 heteroatoms. The zero-order valence-corrected chi connectivity index (χ0v) is 15.0. The Balaban J connectivity index is 2.07. The number of amides is 2. The zero-order chi connectivity index (χ0) is 18.2. The van der Waals surface area contributed by atoms with Crippen molar-refractivity contribution < 1.29 is 14.1 Å². The third kappa shape index (κ3) is 5.17. The summed E-state index contributed by atoms with van der Waals surface area (Å²) < 4.78 is 4.93. The summed E-state index contributed by atoms with van der Waals surface area (Å²) in [5.41, 5.74) is 0.976. The number of hydrogen-bond donors (Lipinski definition) is 1. The van der Waals surface area contributed by atoms with Crippen LogP contribution >= 0.6 is 0 Å². The Hall–Kier alpha value is -2.63. The van der Waals surface area contributed by atoms with Gasteiger partial charge >= 0.3 is 0 Å². The van der Waals surface area contributed by atoms with Gasteiger partial charge in [0.1, 0.15) is 5.76 Å². The van der Waals surface area contributed by atoms with Crippen LogP contribution in [-0.4, -0.2) is 35.0 Å². The van der Waals surface area contributed by atoms with Crippen molar-refractivity contribution in [2.75, 3.05) is 18.4 Å². The van der Waals surface area contributed by atoms with E-state index in [1.807, 2.05) is 44.2 Å². The van der Waals surface area contributed by atoms with Crippen molar-refractivity contribution in [2.24, 2.45) is 0 Å². The molecule has 0 fully saturated rings. The number of nitrogens with zero attached hydrogens (tertiary/aromatic N) is 2. The summed E-state index contributed by atoms with van der Waals surface area (Å²) in [7, 11) is 0. The minimum absolute atomic E-state index is 0.00190. The average Bonchev–Trinajstić information content (AvgIpc) is 3.00. The van der Waals surface area contributed by atoms with Crippen LogP contribution in [0.1, 0.15) is 43.9 Å². The van der Waals surface area contributed by atoms with Crippen molar-refractivity contribution in [3.8, 4) is 0 Å². The summed E-state index contributed by atoms with van der Waals surface area (Å²) in [6.07, 6.45) is 1.47. The molecule has 0 aliphatic heterocycles. The lowest BCUT2D eigenvalue weighted by Gasteiger charge is -2.26. The van der Waals surface area contributed by atoms with E-state index in [0.717, 1.165) is 12.0 Å². The molecule has 0 radical (unpaired) electrons. The smallest absolute Gasteiger partial charge is 0.245 e. The molecule has 6 nitrogen and oxygen atoms in total. The molecule has 1 aromatic heterocycles. The molecule has 2 rings (SSSR count). The fourth-order valence-electron chi connectivity index (χ4n) is 2.78. The maximum Gasteiger partial charge on any atom is 0.245 e. The largest absolute Gasteiger partial charge is 0.360 e. The minimum atomic E-state index is -0.280. The number of nitrogens with one attached hydrogen (secondary N) is 1. The van der Waals surface area contributed by atoms with Gasteiger partial charge in [-0.3, -0.25) is 9.59 Å². The number of carbonyl (C=O) groups is 2. The topological polar surface area (TPSA) is 75.4 Å². The third-order valence-corrected chi connectivity index (χ3v) is 3.94. The lowest BCUT2D eigenvalue weighted by molar-refractivity contribution is -0.136. The molecule has 1 atom stereocenters. The van der Waals surface area contributed by atoms with Gasteiger partial charge in [0.25, 0.3) is 0 Å². The Morgan fingerprint density at radius 2 is 1.96 bits per heavy atom. The van der Waals surface area contributed by atoms with Gasteiger partial charge in [-0.05, 0) is 25.3 Å². The van der Waals surface area contributed by atoms with E-state index in [-0.39, 0.29) is 24.3 Å². The molecule has 0 bridgehead atoms. The summed E-state index contributed by atoms with van der Waals surface area (Å²) in [4.78, 5) is 26.9. The first kappa shape index (κ1) is 18.7. The van der Waals surface area contributed by atoms with Gasteiger partial charge in [0.05, 0.1) is 12.5 Å². The minimum Gasteiger partial charge on any atom is -0.360 e.